The number of rotatable bonds is 3. The highest BCUT2D eigenvalue weighted by atomic mass is 32.1. The first-order valence-corrected chi connectivity index (χ1v) is 12.2. The van der Waals surface area contributed by atoms with Gasteiger partial charge in [0.25, 0.3) is 5.91 Å². The van der Waals surface area contributed by atoms with Gasteiger partial charge >= 0.3 is 24.3 Å². The summed E-state index contributed by atoms with van der Waals surface area (Å²) in [5.41, 5.74) is 0.483. The van der Waals surface area contributed by atoms with Crippen molar-refractivity contribution in [3.8, 4) is 0 Å². The van der Waals surface area contributed by atoms with Gasteiger partial charge in [0.15, 0.2) is 0 Å². The van der Waals surface area contributed by atoms with Crippen molar-refractivity contribution in [3.05, 3.63) is 52.5 Å². The Morgan fingerprint density at radius 1 is 0.974 bits per heavy atom. The summed E-state index contributed by atoms with van der Waals surface area (Å²) in [6.07, 6.45) is -4.86. The van der Waals surface area contributed by atoms with E-state index in [0.717, 1.165) is 32.5 Å². The minimum Gasteiger partial charge on any atom is -0.475 e. The van der Waals surface area contributed by atoms with Gasteiger partial charge < -0.3 is 19.8 Å². The first kappa shape index (κ1) is 32.0. The van der Waals surface area contributed by atoms with Crippen molar-refractivity contribution in [2.24, 2.45) is 0 Å². The number of hydrogen-bond acceptors (Lipinski definition) is 7. The lowest BCUT2D eigenvalue weighted by Crippen LogP contribution is -2.57. The number of amides is 1. The van der Waals surface area contributed by atoms with Crippen LogP contribution < -0.4 is 0 Å². The fourth-order valence-corrected chi connectivity index (χ4v) is 4.48. The zero-order valence-electron chi connectivity index (χ0n) is 20.2. The number of thiophene rings is 1. The van der Waals surface area contributed by atoms with Gasteiger partial charge in [0, 0.05) is 43.4 Å². The molecular formula is C23H25F6N3O6S. The van der Waals surface area contributed by atoms with Crippen LogP contribution in [0.3, 0.4) is 0 Å². The number of pyridine rings is 1. The van der Waals surface area contributed by atoms with Gasteiger partial charge in [-0.05, 0) is 36.4 Å². The Morgan fingerprint density at radius 2 is 1.56 bits per heavy atom. The smallest absolute Gasteiger partial charge is 0.475 e. The lowest BCUT2D eigenvalue weighted by atomic mass is 9.89. The van der Waals surface area contributed by atoms with Crippen LogP contribution in [0, 0.1) is 0 Å². The quantitative estimate of drug-likeness (QED) is 0.521. The molecule has 0 radical (unpaired) electrons. The predicted octanol–water partition coefficient (Wildman–Crippen LogP) is 3.92. The minimum absolute atomic E-state index is 0.0665. The van der Waals surface area contributed by atoms with Crippen LogP contribution in [0.4, 0.5) is 26.3 Å². The van der Waals surface area contributed by atoms with Crippen LogP contribution in [0.25, 0.3) is 0 Å². The Bertz CT molecular complexity index is 1050. The minimum atomic E-state index is -5.08. The number of nitrogens with zero attached hydrogens (tertiary/aromatic N) is 3. The fourth-order valence-electron chi connectivity index (χ4n) is 3.73. The van der Waals surface area contributed by atoms with Gasteiger partial charge in [0.2, 0.25) is 0 Å². The Balaban J connectivity index is 0.000000317. The second-order valence-electron chi connectivity index (χ2n) is 8.46. The van der Waals surface area contributed by atoms with Gasteiger partial charge in [-0.1, -0.05) is 6.07 Å². The molecule has 2 aliphatic rings. The maximum atomic E-state index is 12.7. The number of carboxylic acids is 2. The predicted molar refractivity (Wildman–Crippen MR) is 125 cm³/mol. The van der Waals surface area contributed by atoms with E-state index < -0.39 is 24.3 Å². The highest BCUT2D eigenvalue weighted by molar-refractivity contribution is 7.09. The van der Waals surface area contributed by atoms with Crippen LogP contribution in [0.15, 0.2) is 42.0 Å². The molecule has 2 aromatic heterocycles. The number of carbonyl (C=O) groups is 3. The molecule has 2 fully saturated rings. The van der Waals surface area contributed by atoms with Crippen LogP contribution >= 0.6 is 11.3 Å². The third-order valence-corrected chi connectivity index (χ3v) is 6.52. The summed E-state index contributed by atoms with van der Waals surface area (Å²) in [6.45, 7) is 5.03. The number of hydrogen-bond donors (Lipinski definition) is 2. The molecule has 1 amide bonds. The van der Waals surface area contributed by atoms with Crippen molar-refractivity contribution < 1.29 is 55.7 Å². The van der Waals surface area contributed by atoms with E-state index in [9.17, 15) is 31.1 Å². The summed E-state index contributed by atoms with van der Waals surface area (Å²) in [6, 6.07) is 7.95. The molecule has 0 aromatic carbocycles. The van der Waals surface area contributed by atoms with E-state index in [1.54, 1.807) is 12.4 Å². The number of morpholine rings is 1. The van der Waals surface area contributed by atoms with Gasteiger partial charge in [0.1, 0.15) is 0 Å². The molecule has 2 aliphatic heterocycles. The standard InChI is InChI=1S/C19H23N3O2S.2C2HF3O2/c23-18(16-3-1-7-20-13-16)22-10-11-24-19(15-22)5-8-21(9-6-19)14-17-4-2-12-25-17;2*3-2(4,5)1(6)7/h1-4,7,12-13H,5-6,8-11,14-15H2;2*(H,6,7). The van der Waals surface area contributed by atoms with Crippen LogP contribution in [0.5, 0.6) is 0 Å². The molecule has 4 rings (SSSR count). The topological polar surface area (TPSA) is 120 Å². The summed E-state index contributed by atoms with van der Waals surface area (Å²) in [5, 5.41) is 16.4. The molecule has 39 heavy (non-hydrogen) atoms. The van der Waals surface area contributed by atoms with Gasteiger partial charge in [-0.3, -0.25) is 14.7 Å². The lowest BCUT2D eigenvalue weighted by Gasteiger charge is -2.47. The first-order valence-electron chi connectivity index (χ1n) is 11.3. The fraction of sp³-hybridized carbons (Fsp3) is 0.478. The van der Waals surface area contributed by atoms with E-state index in [4.69, 9.17) is 24.5 Å². The normalized spacial score (nSPS) is 17.3. The second-order valence-corrected chi connectivity index (χ2v) is 9.49. The summed E-state index contributed by atoms with van der Waals surface area (Å²) >= 11 is 1.81. The Kier molecular flexibility index (Phi) is 11.2. The summed E-state index contributed by atoms with van der Waals surface area (Å²) in [4.78, 5) is 40.4. The number of carboxylic acid groups (broad SMARTS) is 2. The molecule has 9 nitrogen and oxygen atoms in total. The molecule has 4 heterocycles. The number of ether oxygens (including phenoxy) is 1. The first-order chi connectivity index (χ1) is 18.1. The van der Waals surface area contributed by atoms with E-state index in [1.807, 2.05) is 28.4 Å². The van der Waals surface area contributed by atoms with Crippen LogP contribution in [-0.4, -0.2) is 93.6 Å². The van der Waals surface area contributed by atoms with Crippen molar-refractivity contribution in [3.63, 3.8) is 0 Å². The largest absolute Gasteiger partial charge is 0.490 e. The molecule has 0 bridgehead atoms. The number of piperidine rings is 1. The number of likely N-dealkylation sites (tertiary alicyclic amines) is 1. The van der Waals surface area contributed by atoms with Crippen LogP contribution in [0.1, 0.15) is 28.1 Å². The molecule has 2 aromatic rings. The molecule has 0 aliphatic carbocycles. The number of aliphatic carboxylic acids is 2. The third kappa shape index (κ3) is 10.4. The molecule has 2 saturated heterocycles. The number of carbonyl (C=O) groups excluding carboxylic acids is 1. The van der Waals surface area contributed by atoms with Crippen molar-refractivity contribution in [1.82, 2.24) is 14.8 Å². The molecule has 16 heteroatoms. The molecule has 216 valence electrons. The molecule has 0 atom stereocenters. The van der Waals surface area contributed by atoms with Crippen molar-refractivity contribution in [2.75, 3.05) is 32.8 Å². The van der Waals surface area contributed by atoms with Crippen molar-refractivity contribution >= 4 is 29.2 Å². The van der Waals surface area contributed by atoms with E-state index in [1.165, 1.54) is 4.88 Å². The summed E-state index contributed by atoms with van der Waals surface area (Å²) in [7, 11) is 0. The zero-order chi connectivity index (χ0) is 29.3. The van der Waals surface area contributed by atoms with Gasteiger partial charge in [-0.25, -0.2) is 9.59 Å². The maximum Gasteiger partial charge on any atom is 0.490 e. The lowest BCUT2D eigenvalue weighted by molar-refractivity contribution is -0.193. The SMILES string of the molecule is O=C(O)C(F)(F)F.O=C(O)C(F)(F)F.O=C(c1cccnc1)N1CCOC2(CCN(Cc3cccs3)CC2)C1. The highest BCUT2D eigenvalue weighted by Gasteiger charge is 2.41. The molecule has 0 saturated carbocycles. The van der Waals surface area contributed by atoms with Crippen LogP contribution in [-0.2, 0) is 20.9 Å². The van der Waals surface area contributed by atoms with E-state index >= 15 is 0 Å². The monoisotopic (exact) mass is 585 g/mol. The zero-order valence-corrected chi connectivity index (χ0v) is 21.1. The molecule has 2 N–H and O–H groups in total. The molecule has 1 spiro atoms. The van der Waals surface area contributed by atoms with Gasteiger partial charge in [-0.15, -0.1) is 11.3 Å². The van der Waals surface area contributed by atoms with Crippen LogP contribution in [0.2, 0.25) is 0 Å². The van der Waals surface area contributed by atoms with Gasteiger partial charge in [-0.2, -0.15) is 26.3 Å². The highest BCUT2D eigenvalue weighted by Crippen LogP contribution is 2.31. The van der Waals surface area contributed by atoms with E-state index in [0.29, 0.717) is 25.3 Å². The average Bonchev–Trinajstić information content (AvgIpc) is 3.38. The average molecular weight is 586 g/mol. The molecule has 0 unspecified atom stereocenters. The Hall–Kier alpha value is -3.24. The Labute approximate surface area is 222 Å². The van der Waals surface area contributed by atoms with E-state index in [-0.39, 0.29) is 11.5 Å². The van der Waals surface area contributed by atoms with Crippen molar-refractivity contribution in [2.45, 2.75) is 37.3 Å². The number of alkyl halides is 6. The van der Waals surface area contributed by atoms with Crippen molar-refractivity contribution in [1.29, 1.82) is 0 Å². The summed E-state index contributed by atoms with van der Waals surface area (Å²) in [5.74, 6) is -5.45. The van der Waals surface area contributed by atoms with E-state index in [2.05, 4.69) is 27.4 Å². The maximum absolute atomic E-state index is 12.7. The number of halogens is 6. The van der Waals surface area contributed by atoms with Gasteiger partial charge in [0.05, 0.1) is 24.3 Å². The second kappa shape index (κ2) is 13.7. The molecular weight excluding hydrogens is 560 g/mol. The Morgan fingerprint density at radius 3 is 2.03 bits per heavy atom. The number of aromatic nitrogens is 1. The third-order valence-electron chi connectivity index (χ3n) is 5.66. The summed E-state index contributed by atoms with van der Waals surface area (Å²) < 4.78 is 69.6.